The van der Waals surface area contributed by atoms with Gasteiger partial charge in [-0.2, -0.15) is 5.26 Å². The number of esters is 1. The Labute approximate surface area is 237 Å². The maximum absolute atomic E-state index is 13.9. The van der Waals surface area contributed by atoms with Crippen molar-refractivity contribution in [3.63, 3.8) is 0 Å². The van der Waals surface area contributed by atoms with Crippen LogP contribution in [0.25, 0.3) is 11.1 Å². The second-order valence-corrected chi connectivity index (χ2v) is 10.1. The maximum Gasteiger partial charge on any atom is 0.311 e. The zero-order chi connectivity index (χ0) is 28.3. The van der Waals surface area contributed by atoms with E-state index in [1.165, 1.54) is 13.1 Å². The van der Waals surface area contributed by atoms with Crippen LogP contribution in [0.15, 0.2) is 48.4 Å². The van der Waals surface area contributed by atoms with E-state index in [1.807, 2.05) is 30.3 Å². The third kappa shape index (κ3) is 5.66. The molecule has 1 fully saturated rings. The van der Waals surface area contributed by atoms with Crippen molar-refractivity contribution in [3.8, 4) is 11.8 Å². The molecule has 11 heteroatoms. The smallest absolute Gasteiger partial charge is 0.311 e. The van der Waals surface area contributed by atoms with Crippen LogP contribution in [0.1, 0.15) is 42.4 Å². The number of nitrogens with one attached hydrogen (secondary N) is 1. The molecule has 0 radical (unpaired) electrons. The molecule has 1 unspecified atom stereocenters. The highest BCUT2D eigenvalue weighted by Gasteiger charge is 2.49. The van der Waals surface area contributed by atoms with Crippen molar-refractivity contribution >= 4 is 46.2 Å². The van der Waals surface area contributed by atoms with Crippen LogP contribution >= 0.6 is 23.2 Å². The van der Waals surface area contributed by atoms with Crippen LogP contribution in [0.2, 0.25) is 10.0 Å². The largest absolute Gasteiger partial charge is 0.426 e. The Morgan fingerprint density at radius 3 is 2.56 bits per heavy atom. The Morgan fingerprint density at radius 2 is 1.92 bits per heavy atom. The summed E-state index contributed by atoms with van der Waals surface area (Å²) in [7, 11) is 3.39. The highest BCUT2D eigenvalue weighted by atomic mass is 35.5. The van der Waals surface area contributed by atoms with E-state index in [1.54, 1.807) is 29.4 Å². The number of amides is 1. The van der Waals surface area contributed by atoms with Crippen molar-refractivity contribution < 1.29 is 14.3 Å². The molecule has 0 saturated heterocycles. The molecule has 1 saturated carbocycles. The van der Waals surface area contributed by atoms with Crippen LogP contribution in [-0.2, 0) is 9.59 Å². The topological polar surface area (TPSA) is 138 Å². The van der Waals surface area contributed by atoms with Crippen molar-refractivity contribution in [2.45, 2.75) is 31.7 Å². The summed E-state index contributed by atoms with van der Waals surface area (Å²) in [6.45, 7) is 0.355. The summed E-state index contributed by atoms with van der Waals surface area (Å²) < 4.78 is 5.58. The first-order chi connectivity index (χ1) is 18.8. The summed E-state index contributed by atoms with van der Waals surface area (Å²) in [5.74, 6) is 0.454. The number of likely N-dealkylation sites (N-methyl/N-ethyl adjacent to an activating group) is 1. The summed E-state index contributed by atoms with van der Waals surface area (Å²) in [5.41, 5.74) is 12.9. The van der Waals surface area contributed by atoms with Gasteiger partial charge in [0.2, 0.25) is 0 Å². The Hall–Kier alpha value is -3.39. The Morgan fingerprint density at radius 1 is 1.18 bits per heavy atom. The second-order valence-electron chi connectivity index (χ2n) is 9.26. The Bertz CT molecular complexity index is 1400. The number of nitrogens with zero attached hydrogens (tertiary/aromatic N) is 3. The van der Waals surface area contributed by atoms with Gasteiger partial charge in [0.05, 0.1) is 33.3 Å². The molecule has 0 spiro atoms. The predicted octanol–water partition coefficient (Wildman–Crippen LogP) is 3.86. The van der Waals surface area contributed by atoms with Gasteiger partial charge in [-0.1, -0.05) is 29.3 Å². The highest BCUT2D eigenvalue weighted by molar-refractivity contribution is 6.42. The summed E-state index contributed by atoms with van der Waals surface area (Å²) in [6, 6.07) is 12.2. The van der Waals surface area contributed by atoms with Crippen LogP contribution in [0.4, 0.5) is 0 Å². The molecule has 5 rings (SSSR count). The van der Waals surface area contributed by atoms with Gasteiger partial charge in [0, 0.05) is 30.8 Å². The first-order valence-electron chi connectivity index (χ1n) is 12.6. The van der Waals surface area contributed by atoms with Crippen molar-refractivity contribution in [1.29, 1.82) is 5.26 Å². The summed E-state index contributed by atoms with van der Waals surface area (Å²) in [4.78, 5) is 26.3. The highest BCUT2D eigenvalue weighted by Crippen LogP contribution is 2.49. The average molecular weight is 569 g/mol. The number of hydrogen-bond acceptors (Lipinski definition) is 8. The lowest BCUT2D eigenvalue weighted by molar-refractivity contribution is -0.137. The minimum Gasteiger partial charge on any atom is -0.426 e. The molecule has 39 heavy (non-hydrogen) atoms. The molecule has 2 aliphatic heterocycles. The van der Waals surface area contributed by atoms with Crippen LogP contribution < -0.4 is 21.5 Å². The van der Waals surface area contributed by atoms with Gasteiger partial charge >= 0.3 is 5.97 Å². The van der Waals surface area contributed by atoms with Gasteiger partial charge in [0.15, 0.2) is 0 Å². The number of ether oxygens (including phenoxy) is 1. The molecule has 2 aromatic rings. The fourth-order valence-corrected chi connectivity index (χ4v) is 5.16. The van der Waals surface area contributed by atoms with Gasteiger partial charge in [0.1, 0.15) is 11.6 Å². The molecule has 5 N–H and O–H groups in total. The van der Waals surface area contributed by atoms with Gasteiger partial charge in [-0.3, -0.25) is 9.59 Å². The summed E-state index contributed by atoms with van der Waals surface area (Å²) in [6.07, 6.45) is 4.35. The zero-order valence-electron chi connectivity index (χ0n) is 21.7. The lowest BCUT2D eigenvalue weighted by atomic mass is 9.95. The number of rotatable bonds is 7. The first kappa shape index (κ1) is 28.6. The molecule has 1 aliphatic carbocycles. The fraction of sp³-hybridized carbons (Fsp3) is 0.321. The van der Waals surface area contributed by atoms with E-state index in [0.29, 0.717) is 51.4 Å². The van der Waals surface area contributed by atoms with Gasteiger partial charge in [-0.25, -0.2) is 10.0 Å². The molecular weight excluding hydrogens is 539 g/mol. The van der Waals surface area contributed by atoms with Crippen LogP contribution in [0.3, 0.4) is 0 Å². The molecule has 2 heterocycles. The van der Waals surface area contributed by atoms with Gasteiger partial charge in [-0.05, 0) is 74.7 Å². The molecule has 2 aromatic carbocycles. The van der Waals surface area contributed by atoms with Crippen molar-refractivity contribution in [1.82, 2.24) is 15.3 Å². The third-order valence-corrected chi connectivity index (χ3v) is 7.50. The number of hydrazine groups is 1. The van der Waals surface area contributed by atoms with Gasteiger partial charge in [0.25, 0.3) is 5.91 Å². The number of nitrogens with two attached hydrogens (primary N) is 2. The molecule has 204 valence electrons. The standard InChI is InChI=1S/C27H25Cl2N5O3.CH5N/c1-33-25(16-5-6-16)24(17-7-9-20(28)21(29)12-17)26-32-14-19(27(36)34(26)33)18-8-4-15(13-31)11-22(18)37-23(35)3-2-10-30;1-2/h4,7-9,11-12,14,16,25,32H,2-3,5-6,10,30H2,1H3;2H2,1H3. The van der Waals surface area contributed by atoms with E-state index >= 15 is 0 Å². The van der Waals surface area contributed by atoms with Crippen molar-refractivity contribution in [2.24, 2.45) is 17.4 Å². The van der Waals surface area contributed by atoms with Gasteiger partial charge in [-0.15, -0.1) is 0 Å². The Balaban J connectivity index is 0.00000172. The number of hydrogen-bond donors (Lipinski definition) is 3. The Kier molecular flexibility index (Phi) is 8.95. The number of carbonyl (C=O) groups is 2. The van der Waals surface area contributed by atoms with Crippen LogP contribution in [0, 0.1) is 17.2 Å². The van der Waals surface area contributed by atoms with E-state index < -0.39 is 5.97 Å². The molecule has 9 nitrogen and oxygen atoms in total. The van der Waals surface area contributed by atoms with Crippen molar-refractivity contribution in [3.05, 3.63) is 75.2 Å². The molecule has 1 amide bonds. The summed E-state index contributed by atoms with van der Waals surface area (Å²) in [5, 5.41) is 17.2. The molecule has 0 aromatic heterocycles. The fourth-order valence-electron chi connectivity index (χ4n) is 4.86. The second kappa shape index (κ2) is 12.2. The molecule has 0 bridgehead atoms. The number of carbonyl (C=O) groups excluding carboxylic acids is 2. The minimum absolute atomic E-state index is 0.0223. The minimum atomic E-state index is -0.479. The van der Waals surface area contributed by atoms with E-state index in [9.17, 15) is 14.9 Å². The number of fused-ring (bicyclic) bond motifs is 1. The molecule has 3 aliphatic rings. The zero-order valence-corrected chi connectivity index (χ0v) is 23.2. The van der Waals surface area contributed by atoms with Crippen molar-refractivity contribution in [2.75, 3.05) is 20.6 Å². The average Bonchev–Trinajstić information content (AvgIpc) is 3.73. The van der Waals surface area contributed by atoms with E-state index in [2.05, 4.69) is 11.1 Å². The van der Waals surface area contributed by atoms with Crippen LogP contribution in [0.5, 0.6) is 5.75 Å². The lowest BCUT2D eigenvalue weighted by Gasteiger charge is -2.33. The molecular formula is C28H30Cl2N6O3. The third-order valence-electron chi connectivity index (χ3n) is 6.77. The predicted molar refractivity (Wildman–Crippen MR) is 151 cm³/mol. The van der Waals surface area contributed by atoms with E-state index in [0.717, 1.165) is 24.0 Å². The normalized spacial score (nSPS) is 18.5. The first-order valence-corrected chi connectivity index (χ1v) is 13.4. The SMILES string of the molecule is CN.CN1C(C2CC2)C(c2ccc(Cl)c(Cl)c2)=C2NC=C(c3ccc(C#N)cc3OC(=O)CCCN)C(=O)N21. The number of benzene rings is 2. The van der Waals surface area contributed by atoms with E-state index in [4.69, 9.17) is 33.7 Å². The number of halogens is 2. The number of nitriles is 1. The van der Waals surface area contributed by atoms with Crippen LogP contribution in [-0.4, -0.2) is 48.6 Å². The summed E-state index contributed by atoms with van der Waals surface area (Å²) >= 11 is 12.5. The van der Waals surface area contributed by atoms with Gasteiger partial charge < -0.3 is 21.5 Å². The maximum atomic E-state index is 13.9. The lowest BCUT2D eigenvalue weighted by Crippen LogP contribution is -2.48. The van der Waals surface area contributed by atoms with E-state index in [-0.39, 0.29) is 24.1 Å². The quantitative estimate of drug-likeness (QED) is 0.338. The monoisotopic (exact) mass is 568 g/mol. The molecule has 1 atom stereocenters.